The zero-order valence-electron chi connectivity index (χ0n) is 24.4. The highest BCUT2D eigenvalue weighted by molar-refractivity contribution is 6.05. The minimum Gasteiger partial charge on any atom is -0.489 e. The van der Waals surface area contributed by atoms with E-state index in [1.165, 1.54) is 11.0 Å². The number of rotatable bonds is 8. The van der Waals surface area contributed by atoms with Crippen molar-refractivity contribution < 1.29 is 33.4 Å². The van der Waals surface area contributed by atoms with Crippen LogP contribution in [0.25, 0.3) is 10.9 Å². The van der Waals surface area contributed by atoms with Crippen molar-refractivity contribution in [1.29, 1.82) is 0 Å². The molecule has 0 bridgehead atoms. The summed E-state index contributed by atoms with van der Waals surface area (Å²) in [4.78, 5) is 45.1. The first-order chi connectivity index (χ1) is 20.5. The Morgan fingerprint density at radius 3 is 2.67 bits per heavy atom. The molecule has 0 unspecified atom stereocenters. The molecule has 4 heterocycles. The van der Waals surface area contributed by atoms with Crippen LogP contribution in [0.3, 0.4) is 0 Å². The number of imide groups is 1. The quantitative estimate of drug-likeness (QED) is 0.385. The lowest BCUT2D eigenvalue weighted by Gasteiger charge is -2.29. The van der Waals surface area contributed by atoms with Crippen LogP contribution >= 0.6 is 0 Å². The van der Waals surface area contributed by atoms with Crippen molar-refractivity contribution in [2.45, 2.75) is 57.5 Å². The molecular weight excluding hydrogens is 555 g/mol. The van der Waals surface area contributed by atoms with E-state index in [1.807, 2.05) is 12.1 Å². The number of fused-ring (bicyclic) bond motifs is 2. The molecule has 3 amide bonds. The first kappa shape index (κ1) is 29.2. The van der Waals surface area contributed by atoms with Crippen LogP contribution in [0.5, 0.6) is 5.75 Å². The van der Waals surface area contributed by atoms with Crippen molar-refractivity contribution in [2.24, 2.45) is 5.92 Å². The standard InChI is InChI=1S/C32H35FN4O6/c1-32(2,41)27-8-4-19-10-18(11-24(33)29(19)34-27)13-36-14-21(17-42-3)26(16-36)43-22-5-6-23-20(12-22)15-37(31(23)40)25-7-9-28(38)35-30(25)39/h4-6,8,10-12,21,25-26,41H,7,9,13-17H2,1-3H3,(H,35,38,39)/t21-,25-,26+/m0/s1. The van der Waals surface area contributed by atoms with E-state index in [4.69, 9.17) is 9.47 Å². The Bertz CT molecular complexity index is 1600. The van der Waals surface area contributed by atoms with E-state index < -0.39 is 23.4 Å². The molecule has 1 aromatic heterocycles. The molecule has 3 aromatic rings. The van der Waals surface area contributed by atoms with Crippen LogP contribution in [-0.4, -0.2) is 76.6 Å². The normalized spacial score (nSPS) is 22.8. The van der Waals surface area contributed by atoms with Crippen LogP contribution in [0.2, 0.25) is 0 Å². The zero-order valence-corrected chi connectivity index (χ0v) is 24.4. The number of piperidine rings is 1. The molecule has 2 saturated heterocycles. The lowest BCUT2D eigenvalue weighted by atomic mass is 10.0. The fraction of sp³-hybridized carbons (Fsp3) is 0.438. The average molecular weight is 591 g/mol. The minimum atomic E-state index is -1.17. The van der Waals surface area contributed by atoms with Gasteiger partial charge in [0.15, 0.2) is 0 Å². The molecule has 43 heavy (non-hydrogen) atoms. The average Bonchev–Trinajstić information content (AvgIpc) is 3.47. The fourth-order valence-electron chi connectivity index (χ4n) is 6.30. The van der Waals surface area contributed by atoms with E-state index >= 15 is 4.39 Å². The van der Waals surface area contributed by atoms with Crippen LogP contribution < -0.4 is 10.1 Å². The minimum absolute atomic E-state index is 0.0705. The predicted molar refractivity (Wildman–Crippen MR) is 154 cm³/mol. The third kappa shape index (κ3) is 5.84. The molecule has 0 spiro atoms. The molecule has 6 rings (SSSR count). The number of halogens is 1. The third-order valence-corrected chi connectivity index (χ3v) is 8.46. The number of nitrogens with zero attached hydrogens (tertiary/aromatic N) is 3. The number of carbonyl (C=O) groups is 3. The number of nitrogens with one attached hydrogen (secondary N) is 1. The summed E-state index contributed by atoms with van der Waals surface area (Å²) in [7, 11) is 1.65. The largest absolute Gasteiger partial charge is 0.489 e. The number of methoxy groups -OCH3 is 1. The molecule has 11 heteroatoms. The SMILES string of the molecule is COC[C@@H]1CN(Cc2cc(F)c3nc(C(C)(C)O)ccc3c2)C[C@H]1Oc1ccc2c(c1)CN([C@H]1CCC(=O)NC1=O)C2=O. The Morgan fingerprint density at radius 1 is 1.12 bits per heavy atom. The molecule has 2 aromatic carbocycles. The van der Waals surface area contributed by atoms with E-state index in [0.717, 1.165) is 11.1 Å². The van der Waals surface area contributed by atoms with Gasteiger partial charge in [0.25, 0.3) is 5.91 Å². The zero-order chi connectivity index (χ0) is 30.5. The maximum atomic E-state index is 15.1. The summed E-state index contributed by atoms with van der Waals surface area (Å²) < 4.78 is 27.0. The predicted octanol–water partition coefficient (Wildman–Crippen LogP) is 2.89. The number of hydrogen-bond donors (Lipinski definition) is 2. The first-order valence-electron chi connectivity index (χ1n) is 14.5. The molecule has 2 N–H and O–H groups in total. The van der Waals surface area contributed by atoms with Crippen molar-refractivity contribution in [3.63, 3.8) is 0 Å². The Labute approximate surface area is 248 Å². The third-order valence-electron chi connectivity index (χ3n) is 8.46. The molecule has 226 valence electrons. The van der Waals surface area contributed by atoms with Crippen LogP contribution in [-0.2, 0) is 33.0 Å². The Kier molecular flexibility index (Phi) is 7.66. The van der Waals surface area contributed by atoms with Crippen molar-refractivity contribution in [3.8, 4) is 5.75 Å². The van der Waals surface area contributed by atoms with E-state index in [0.29, 0.717) is 55.1 Å². The molecule has 3 aliphatic heterocycles. The number of aliphatic hydroxyl groups is 1. The van der Waals surface area contributed by atoms with Gasteiger partial charge in [0, 0.05) is 56.6 Å². The number of amides is 3. The van der Waals surface area contributed by atoms with Gasteiger partial charge in [-0.25, -0.2) is 9.37 Å². The lowest BCUT2D eigenvalue weighted by molar-refractivity contribution is -0.136. The highest BCUT2D eigenvalue weighted by Gasteiger charge is 2.40. The second-order valence-electron chi connectivity index (χ2n) is 12.2. The molecule has 0 radical (unpaired) electrons. The van der Waals surface area contributed by atoms with Crippen molar-refractivity contribution in [2.75, 3.05) is 26.8 Å². The molecule has 3 atom stereocenters. The van der Waals surface area contributed by atoms with Crippen molar-refractivity contribution in [1.82, 2.24) is 20.1 Å². The number of benzene rings is 2. The number of hydrogen-bond acceptors (Lipinski definition) is 8. The Balaban J connectivity index is 1.15. The molecule has 0 aliphatic carbocycles. The summed E-state index contributed by atoms with van der Waals surface area (Å²) in [5.74, 6) is -0.728. The van der Waals surface area contributed by atoms with Crippen LogP contribution in [0.4, 0.5) is 4.39 Å². The molecule has 10 nitrogen and oxygen atoms in total. The van der Waals surface area contributed by atoms with Gasteiger partial charge in [-0.1, -0.05) is 6.07 Å². The highest BCUT2D eigenvalue weighted by atomic mass is 19.1. The molecule has 0 saturated carbocycles. The smallest absolute Gasteiger partial charge is 0.255 e. The summed E-state index contributed by atoms with van der Waals surface area (Å²) in [6, 6.07) is 11.6. The van der Waals surface area contributed by atoms with Gasteiger partial charge in [-0.05, 0) is 67.8 Å². The van der Waals surface area contributed by atoms with Crippen molar-refractivity contribution in [3.05, 3.63) is 70.7 Å². The molecule has 2 fully saturated rings. The van der Waals surface area contributed by atoms with Gasteiger partial charge >= 0.3 is 0 Å². The number of pyridine rings is 1. The van der Waals surface area contributed by atoms with E-state index in [9.17, 15) is 19.5 Å². The van der Waals surface area contributed by atoms with E-state index in [-0.39, 0.29) is 42.3 Å². The second kappa shape index (κ2) is 11.3. The second-order valence-corrected chi connectivity index (χ2v) is 12.2. The highest BCUT2D eigenvalue weighted by Crippen LogP contribution is 2.32. The maximum Gasteiger partial charge on any atom is 0.255 e. The van der Waals surface area contributed by atoms with Crippen LogP contribution in [0, 0.1) is 11.7 Å². The van der Waals surface area contributed by atoms with Gasteiger partial charge in [0.1, 0.15) is 34.8 Å². The van der Waals surface area contributed by atoms with Gasteiger partial charge in [-0.3, -0.25) is 24.6 Å². The van der Waals surface area contributed by atoms with E-state index in [1.54, 1.807) is 45.2 Å². The van der Waals surface area contributed by atoms with E-state index in [2.05, 4.69) is 15.2 Å². The fourth-order valence-corrected chi connectivity index (χ4v) is 6.30. The van der Waals surface area contributed by atoms with Crippen molar-refractivity contribution >= 4 is 28.6 Å². The monoisotopic (exact) mass is 590 g/mol. The van der Waals surface area contributed by atoms with Crippen LogP contribution in [0.15, 0.2) is 42.5 Å². The number of aromatic nitrogens is 1. The van der Waals surface area contributed by atoms with Gasteiger partial charge in [0.2, 0.25) is 11.8 Å². The van der Waals surface area contributed by atoms with Gasteiger partial charge in [-0.15, -0.1) is 0 Å². The summed E-state index contributed by atoms with van der Waals surface area (Å²) in [6.45, 7) is 5.81. The molecule has 3 aliphatic rings. The topological polar surface area (TPSA) is 121 Å². The summed E-state index contributed by atoms with van der Waals surface area (Å²) in [6.07, 6.45) is 0.321. The number of carbonyl (C=O) groups excluding carboxylic acids is 3. The number of ether oxygens (including phenoxy) is 2. The lowest BCUT2D eigenvalue weighted by Crippen LogP contribution is -2.52. The summed E-state index contributed by atoms with van der Waals surface area (Å²) in [5, 5.41) is 13.3. The Morgan fingerprint density at radius 2 is 1.93 bits per heavy atom. The summed E-state index contributed by atoms with van der Waals surface area (Å²) in [5.41, 5.74) is 1.59. The maximum absolute atomic E-state index is 15.1. The van der Waals surface area contributed by atoms with Crippen LogP contribution in [0.1, 0.15) is 53.9 Å². The van der Waals surface area contributed by atoms with Gasteiger partial charge in [-0.2, -0.15) is 0 Å². The van der Waals surface area contributed by atoms with Gasteiger partial charge < -0.3 is 19.5 Å². The molecular formula is C32H35FN4O6. The Hall–Kier alpha value is -3.93. The van der Waals surface area contributed by atoms with Gasteiger partial charge in [0.05, 0.1) is 12.3 Å². The summed E-state index contributed by atoms with van der Waals surface area (Å²) >= 11 is 0. The first-order valence-corrected chi connectivity index (χ1v) is 14.5. The number of likely N-dealkylation sites (tertiary alicyclic amines) is 1.